The van der Waals surface area contributed by atoms with Gasteiger partial charge in [0.05, 0.1) is 29.3 Å². The molecule has 136 valence electrons. The van der Waals surface area contributed by atoms with Crippen LogP contribution in [0.4, 0.5) is 0 Å². The first-order valence-electron chi connectivity index (χ1n) is 9.23. The van der Waals surface area contributed by atoms with Crippen molar-refractivity contribution >= 4 is 11.0 Å². The van der Waals surface area contributed by atoms with E-state index in [0.29, 0.717) is 0 Å². The molecule has 0 aliphatic carbocycles. The predicted octanol–water partition coefficient (Wildman–Crippen LogP) is 2.76. The van der Waals surface area contributed by atoms with Gasteiger partial charge in [0.15, 0.2) is 0 Å². The summed E-state index contributed by atoms with van der Waals surface area (Å²) < 4.78 is 2.20. The van der Waals surface area contributed by atoms with Crippen LogP contribution in [0.3, 0.4) is 0 Å². The Kier molecular flexibility index (Phi) is 4.70. The van der Waals surface area contributed by atoms with Crippen LogP contribution in [0, 0.1) is 0 Å². The molecule has 1 atom stereocenters. The molecule has 0 saturated carbocycles. The molecule has 1 aliphatic heterocycles. The van der Waals surface area contributed by atoms with Crippen molar-refractivity contribution in [2.75, 3.05) is 20.6 Å². The first kappa shape index (κ1) is 17.1. The highest BCUT2D eigenvalue weighted by Gasteiger charge is 2.29. The summed E-state index contributed by atoms with van der Waals surface area (Å²) in [7, 11) is 6.23. The molecular weight excluding hydrogens is 324 g/mol. The highest BCUT2D eigenvalue weighted by Crippen LogP contribution is 2.31. The van der Waals surface area contributed by atoms with Crippen molar-refractivity contribution in [3.63, 3.8) is 0 Å². The van der Waals surface area contributed by atoms with Crippen molar-refractivity contribution in [1.29, 1.82) is 0 Å². The SMILES string of the molecule is CN(C)Cc1ccnc([C@@H]2CCCN2Cc2nc3ccccc3n2C)n1. The van der Waals surface area contributed by atoms with Gasteiger partial charge in [-0.2, -0.15) is 0 Å². The number of fused-ring (bicyclic) bond motifs is 1. The van der Waals surface area contributed by atoms with E-state index in [-0.39, 0.29) is 6.04 Å². The normalized spacial score (nSPS) is 18.2. The Labute approximate surface area is 154 Å². The van der Waals surface area contributed by atoms with Gasteiger partial charge in [-0.15, -0.1) is 0 Å². The number of imidazole rings is 1. The first-order chi connectivity index (χ1) is 12.6. The van der Waals surface area contributed by atoms with Crippen molar-refractivity contribution in [3.8, 4) is 0 Å². The van der Waals surface area contributed by atoms with Gasteiger partial charge in [-0.05, 0) is 51.7 Å². The number of rotatable bonds is 5. The van der Waals surface area contributed by atoms with Gasteiger partial charge in [0.2, 0.25) is 0 Å². The summed E-state index contributed by atoms with van der Waals surface area (Å²) in [4.78, 5) is 18.9. The maximum Gasteiger partial charge on any atom is 0.145 e. The molecular formula is C20H26N6. The van der Waals surface area contributed by atoms with Crippen molar-refractivity contribution in [2.24, 2.45) is 7.05 Å². The monoisotopic (exact) mass is 350 g/mol. The number of hydrogen-bond acceptors (Lipinski definition) is 5. The van der Waals surface area contributed by atoms with Gasteiger partial charge in [0, 0.05) is 19.8 Å². The van der Waals surface area contributed by atoms with Crippen LogP contribution in [0.5, 0.6) is 0 Å². The van der Waals surface area contributed by atoms with E-state index in [1.807, 2.05) is 18.3 Å². The Bertz CT molecular complexity index is 900. The number of para-hydroxylation sites is 2. The first-order valence-corrected chi connectivity index (χ1v) is 9.23. The summed E-state index contributed by atoms with van der Waals surface area (Å²) in [5.41, 5.74) is 3.32. The number of aryl methyl sites for hydroxylation is 1. The molecule has 6 nitrogen and oxygen atoms in total. The standard InChI is InChI=1S/C20H26N6/c1-24(2)13-15-10-11-21-20(22-15)18-9-6-12-26(18)14-19-23-16-7-4-5-8-17(16)25(19)3/h4-5,7-8,10-11,18H,6,9,12-14H2,1-3H3/t18-/m0/s1. The van der Waals surface area contributed by atoms with Crippen LogP contribution >= 0.6 is 0 Å². The second-order valence-corrected chi connectivity index (χ2v) is 7.35. The fourth-order valence-corrected chi connectivity index (χ4v) is 3.81. The Morgan fingerprint density at radius 3 is 2.81 bits per heavy atom. The van der Waals surface area contributed by atoms with E-state index >= 15 is 0 Å². The van der Waals surface area contributed by atoms with Gasteiger partial charge in [0.25, 0.3) is 0 Å². The zero-order valence-electron chi connectivity index (χ0n) is 15.8. The topological polar surface area (TPSA) is 50.1 Å². The highest BCUT2D eigenvalue weighted by molar-refractivity contribution is 5.75. The lowest BCUT2D eigenvalue weighted by molar-refractivity contribution is 0.231. The molecule has 2 aromatic heterocycles. The number of benzene rings is 1. The summed E-state index contributed by atoms with van der Waals surface area (Å²) in [6.45, 7) is 2.74. The van der Waals surface area contributed by atoms with E-state index in [9.17, 15) is 0 Å². The summed E-state index contributed by atoms with van der Waals surface area (Å²) in [5.74, 6) is 2.04. The molecule has 1 aromatic carbocycles. The predicted molar refractivity (Wildman–Crippen MR) is 103 cm³/mol. The zero-order valence-corrected chi connectivity index (χ0v) is 15.8. The zero-order chi connectivity index (χ0) is 18.1. The smallest absolute Gasteiger partial charge is 0.145 e. The number of nitrogens with zero attached hydrogens (tertiary/aromatic N) is 6. The third-order valence-electron chi connectivity index (χ3n) is 5.10. The summed E-state index contributed by atoms with van der Waals surface area (Å²) in [6, 6.07) is 10.6. The summed E-state index contributed by atoms with van der Waals surface area (Å²) >= 11 is 0. The van der Waals surface area contributed by atoms with Crippen LogP contribution < -0.4 is 0 Å². The van der Waals surface area contributed by atoms with Gasteiger partial charge in [0.1, 0.15) is 11.6 Å². The lowest BCUT2D eigenvalue weighted by atomic mass is 10.2. The van der Waals surface area contributed by atoms with Crippen LogP contribution in [0.1, 0.15) is 36.2 Å². The van der Waals surface area contributed by atoms with E-state index in [2.05, 4.69) is 58.7 Å². The van der Waals surface area contributed by atoms with Gasteiger partial charge < -0.3 is 9.47 Å². The Morgan fingerprint density at radius 1 is 1.15 bits per heavy atom. The number of hydrogen-bond donors (Lipinski definition) is 0. The largest absolute Gasteiger partial charge is 0.330 e. The maximum atomic E-state index is 4.83. The quantitative estimate of drug-likeness (QED) is 0.708. The molecule has 0 radical (unpaired) electrons. The Morgan fingerprint density at radius 2 is 2.00 bits per heavy atom. The molecule has 26 heavy (non-hydrogen) atoms. The van der Waals surface area contributed by atoms with Crippen molar-refractivity contribution < 1.29 is 0 Å². The van der Waals surface area contributed by atoms with Gasteiger partial charge in [-0.3, -0.25) is 4.90 Å². The van der Waals surface area contributed by atoms with Crippen LogP contribution in [0.15, 0.2) is 36.5 Å². The molecule has 1 fully saturated rings. The van der Waals surface area contributed by atoms with Crippen LogP contribution in [0.2, 0.25) is 0 Å². The fourth-order valence-electron chi connectivity index (χ4n) is 3.81. The summed E-state index contributed by atoms with van der Waals surface area (Å²) in [5, 5.41) is 0. The average Bonchev–Trinajstić information content (AvgIpc) is 3.20. The molecule has 1 saturated heterocycles. The molecule has 0 bridgehead atoms. The van der Waals surface area contributed by atoms with Crippen molar-refractivity contribution in [2.45, 2.75) is 32.0 Å². The van der Waals surface area contributed by atoms with Crippen LogP contribution in [0.25, 0.3) is 11.0 Å². The Hall–Kier alpha value is -2.31. The molecule has 4 rings (SSSR count). The fraction of sp³-hybridized carbons (Fsp3) is 0.450. The van der Waals surface area contributed by atoms with Crippen LogP contribution in [-0.4, -0.2) is 50.0 Å². The van der Waals surface area contributed by atoms with E-state index in [1.165, 1.54) is 11.9 Å². The van der Waals surface area contributed by atoms with Crippen molar-refractivity contribution in [3.05, 3.63) is 53.9 Å². The van der Waals surface area contributed by atoms with Crippen molar-refractivity contribution in [1.82, 2.24) is 29.3 Å². The lowest BCUT2D eigenvalue weighted by Gasteiger charge is -2.23. The number of aromatic nitrogens is 4. The van der Waals surface area contributed by atoms with E-state index in [0.717, 1.165) is 48.9 Å². The molecule has 3 heterocycles. The minimum Gasteiger partial charge on any atom is -0.330 e. The molecule has 1 aliphatic rings. The van der Waals surface area contributed by atoms with Gasteiger partial charge in [-0.1, -0.05) is 12.1 Å². The lowest BCUT2D eigenvalue weighted by Crippen LogP contribution is -2.26. The maximum absolute atomic E-state index is 4.83. The van der Waals surface area contributed by atoms with E-state index in [4.69, 9.17) is 9.97 Å². The van der Waals surface area contributed by atoms with E-state index < -0.39 is 0 Å². The van der Waals surface area contributed by atoms with Gasteiger partial charge in [-0.25, -0.2) is 15.0 Å². The molecule has 3 aromatic rings. The molecule has 0 unspecified atom stereocenters. The van der Waals surface area contributed by atoms with Gasteiger partial charge >= 0.3 is 0 Å². The van der Waals surface area contributed by atoms with Crippen LogP contribution in [-0.2, 0) is 20.1 Å². The number of likely N-dealkylation sites (tertiary alicyclic amines) is 1. The van der Waals surface area contributed by atoms with E-state index in [1.54, 1.807) is 0 Å². The molecule has 0 amide bonds. The summed E-state index contributed by atoms with van der Waals surface area (Å²) in [6.07, 6.45) is 4.18. The Balaban J connectivity index is 1.57. The minimum absolute atomic E-state index is 0.275. The second kappa shape index (κ2) is 7.13. The second-order valence-electron chi connectivity index (χ2n) is 7.35. The highest BCUT2D eigenvalue weighted by atomic mass is 15.2. The molecule has 0 spiro atoms. The third-order valence-corrected chi connectivity index (χ3v) is 5.10. The molecule has 0 N–H and O–H groups in total. The third kappa shape index (κ3) is 3.34. The average molecular weight is 350 g/mol. The molecule has 6 heteroatoms. The minimum atomic E-state index is 0.275.